The van der Waals surface area contributed by atoms with Crippen LogP contribution in [0.5, 0.6) is 5.75 Å². The van der Waals surface area contributed by atoms with Gasteiger partial charge in [0.25, 0.3) is 5.56 Å². The lowest BCUT2D eigenvalue weighted by atomic mass is 10.2. The number of nitrogens with one attached hydrogen (secondary N) is 2. The Morgan fingerprint density at radius 3 is 2.23 bits per heavy atom. The van der Waals surface area contributed by atoms with Crippen LogP contribution < -0.4 is 21.3 Å². The number of nitrogens with zero attached hydrogens (tertiary/aromatic N) is 1. The third-order valence-corrected chi connectivity index (χ3v) is 18.8. The first-order valence-corrected chi connectivity index (χ1v) is 23.6. The van der Waals surface area contributed by atoms with Crippen LogP contribution in [0.3, 0.4) is 0 Å². The summed E-state index contributed by atoms with van der Waals surface area (Å²) in [7, 11) is -4.33. The van der Waals surface area contributed by atoms with Crippen LogP contribution in [0.4, 0.5) is 4.79 Å². The predicted octanol–water partition coefficient (Wildman–Crippen LogP) is 6.84. The fourth-order valence-electron chi connectivity index (χ4n) is 4.76. The number of carbonyl (C=O) groups excluding carboxylic acids is 2. The lowest BCUT2D eigenvalue weighted by Gasteiger charge is -2.40. The number of hydrogen-bond acceptors (Lipinski definition) is 9. The van der Waals surface area contributed by atoms with Gasteiger partial charge in [-0.25, -0.2) is 9.59 Å². The normalized spacial score (nSPS) is 19.0. The first-order chi connectivity index (χ1) is 23.7. The molecule has 4 unspecified atom stereocenters. The van der Waals surface area contributed by atoms with E-state index in [1.165, 1.54) is 10.8 Å². The molecule has 4 atom stereocenters. The van der Waals surface area contributed by atoms with Crippen LogP contribution in [0.25, 0.3) is 0 Å². The van der Waals surface area contributed by atoms with Crippen LogP contribution in [0, 0.1) is 11.8 Å². The van der Waals surface area contributed by atoms with Crippen molar-refractivity contribution in [2.45, 2.75) is 148 Å². The molecular formula is C38H59N3O9Si2. The molecule has 3 rings (SSSR count). The van der Waals surface area contributed by atoms with Crippen LogP contribution in [-0.4, -0.2) is 68.7 Å². The molecule has 0 radical (unpaired) electrons. The van der Waals surface area contributed by atoms with Crippen molar-refractivity contribution in [1.82, 2.24) is 14.9 Å². The number of esters is 1. The number of carbonyl (C=O) groups is 2. The van der Waals surface area contributed by atoms with E-state index < -0.39 is 63.9 Å². The minimum absolute atomic E-state index is 0.00462. The molecule has 0 spiro atoms. The zero-order valence-corrected chi connectivity index (χ0v) is 35.4. The zero-order valence-electron chi connectivity index (χ0n) is 33.4. The Balaban J connectivity index is 1.81. The Hall–Kier alpha value is -3.49. The van der Waals surface area contributed by atoms with E-state index in [4.69, 9.17) is 23.1 Å². The summed E-state index contributed by atoms with van der Waals surface area (Å²) < 4.78 is 32.0. The van der Waals surface area contributed by atoms with Crippen molar-refractivity contribution in [3.05, 3.63) is 62.4 Å². The predicted molar refractivity (Wildman–Crippen MR) is 207 cm³/mol. The molecule has 288 valence electrons. The van der Waals surface area contributed by atoms with Crippen LogP contribution in [0.2, 0.25) is 36.3 Å². The van der Waals surface area contributed by atoms with Crippen LogP contribution in [-0.2, 0) is 23.1 Å². The molecule has 2 aromatic rings. The SMILES string of the molecule is CC(CC(=O)Oc1cccc(C#Cc2cn(C3CC(O[Si](C)(C)C(C)(C)C)C(CO[Si](C)(C)C(C)(C)C)O3)c(=O)[nH]c2=O)c1)NC(=O)OC(C)(C)C. The zero-order chi connectivity index (χ0) is 39.4. The lowest BCUT2D eigenvalue weighted by molar-refractivity contribution is -0.134. The van der Waals surface area contributed by atoms with Gasteiger partial charge in [-0.3, -0.25) is 19.1 Å². The molecule has 0 bridgehead atoms. The molecule has 1 aromatic heterocycles. The Bertz CT molecular complexity index is 1770. The average molecular weight is 758 g/mol. The summed E-state index contributed by atoms with van der Waals surface area (Å²) in [5.74, 6) is 5.48. The summed E-state index contributed by atoms with van der Waals surface area (Å²) in [5.41, 5.74) is -1.36. The first-order valence-electron chi connectivity index (χ1n) is 17.8. The van der Waals surface area contributed by atoms with Crippen LogP contribution in [0.1, 0.15) is 99.4 Å². The van der Waals surface area contributed by atoms with E-state index in [0.29, 0.717) is 18.6 Å². The van der Waals surface area contributed by atoms with E-state index in [1.807, 2.05) is 0 Å². The van der Waals surface area contributed by atoms with E-state index >= 15 is 0 Å². The molecule has 2 N–H and O–H groups in total. The highest BCUT2D eigenvalue weighted by molar-refractivity contribution is 6.74. The van der Waals surface area contributed by atoms with Crippen LogP contribution >= 0.6 is 0 Å². The number of rotatable bonds is 10. The second-order valence-electron chi connectivity index (χ2n) is 17.6. The van der Waals surface area contributed by atoms with Gasteiger partial charge in [-0.05, 0) is 82.2 Å². The van der Waals surface area contributed by atoms with E-state index in [0.717, 1.165) is 0 Å². The number of alkyl carbamates (subject to hydrolysis) is 1. The van der Waals surface area contributed by atoms with Crippen molar-refractivity contribution in [2.75, 3.05) is 6.61 Å². The molecule has 1 fully saturated rings. The third-order valence-electron chi connectivity index (χ3n) is 9.77. The Labute approximate surface area is 310 Å². The molecule has 1 amide bonds. The van der Waals surface area contributed by atoms with Gasteiger partial charge < -0.3 is 28.4 Å². The second kappa shape index (κ2) is 16.3. The van der Waals surface area contributed by atoms with Gasteiger partial charge in [-0.1, -0.05) is 59.4 Å². The quantitative estimate of drug-likeness (QED) is 0.115. The van der Waals surface area contributed by atoms with Gasteiger partial charge in [-0.2, -0.15) is 0 Å². The molecule has 14 heteroatoms. The van der Waals surface area contributed by atoms with Crippen molar-refractivity contribution in [3.8, 4) is 17.6 Å². The largest absolute Gasteiger partial charge is 0.444 e. The summed E-state index contributed by atoms with van der Waals surface area (Å²) in [6, 6.07) is 6.02. The summed E-state index contributed by atoms with van der Waals surface area (Å²) >= 11 is 0. The summed E-state index contributed by atoms with van der Waals surface area (Å²) in [4.78, 5) is 53.0. The molecule has 0 saturated carbocycles. The topological polar surface area (TPSA) is 147 Å². The van der Waals surface area contributed by atoms with E-state index in [-0.39, 0.29) is 33.9 Å². The number of benzene rings is 1. The van der Waals surface area contributed by atoms with E-state index in [1.54, 1.807) is 52.0 Å². The fourth-order valence-corrected chi connectivity index (χ4v) is 7.13. The molecule has 1 saturated heterocycles. The smallest absolute Gasteiger partial charge is 0.407 e. The minimum atomic E-state index is -2.22. The van der Waals surface area contributed by atoms with Crippen molar-refractivity contribution >= 4 is 28.7 Å². The third kappa shape index (κ3) is 12.0. The van der Waals surface area contributed by atoms with Gasteiger partial charge >= 0.3 is 17.8 Å². The van der Waals surface area contributed by atoms with Crippen molar-refractivity contribution in [1.29, 1.82) is 0 Å². The van der Waals surface area contributed by atoms with Gasteiger partial charge in [0.15, 0.2) is 16.6 Å². The molecule has 0 aliphatic carbocycles. The fraction of sp³-hybridized carbons (Fsp3) is 0.632. The highest BCUT2D eigenvalue weighted by atomic mass is 28.4. The number of amides is 1. The van der Waals surface area contributed by atoms with Crippen molar-refractivity contribution in [2.24, 2.45) is 0 Å². The second-order valence-corrected chi connectivity index (χ2v) is 27.1. The highest BCUT2D eigenvalue weighted by Gasteiger charge is 2.47. The number of aromatic amines is 1. The number of ether oxygens (including phenoxy) is 3. The van der Waals surface area contributed by atoms with Crippen molar-refractivity contribution in [3.63, 3.8) is 0 Å². The maximum absolute atomic E-state index is 13.1. The lowest BCUT2D eigenvalue weighted by Crippen LogP contribution is -2.48. The maximum Gasteiger partial charge on any atom is 0.407 e. The summed E-state index contributed by atoms with van der Waals surface area (Å²) in [6.07, 6.45) is -0.323. The number of hydrogen-bond donors (Lipinski definition) is 2. The standard InChI is InChI=1S/C38H59N3O9Si2/c1-25(39-35(45)49-36(2,3)4)20-32(42)47-28-17-15-16-26(21-28)18-19-27-23-41(34(44)40-33(27)43)31-22-29(50-52(13,14)38(8,9)10)30(48-31)24-46-51(11,12)37(5,6)7/h15-17,21,23,25,29-31H,20,22,24H2,1-14H3,(H,39,45)(H,40,43,44). The van der Waals surface area contributed by atoms with Gasteiger partial charge in [0, 0.05) is 24.2 Å². The molecule has 52 heavy (non-hydrogen) atoms. The molecule has 12 nitrogen and oxygen atoms in total. The van der Waals surface area contributed by atoms with Gasteiger partial charge in [0.1, 0.15) is 29.2 Å². The first kappa shape index (κ1) is 42.9. The summed E-state index contributed by atoms with van der Waals surface area (Å²) in [6.45, 7) is 29.1. The number of aromatic nitrogens is 2. The number of H-pyrrole nitrogens is 1. The molecular weight excluding hydrogens is 699 g/mol. The van der Waals surface area contributed by atoms with Gasteiger partial charge in [0.05, 0.1) is 19.1 Å². The van der Waals surface area contributed by atoms with E-state index in [2.05, 4.69) is 89.9 Å². The minimum Gasteiger partial charge on any atom is -0.444 e. The summed E-state index contributed by atoms with van der Waals surface area (Å²) in [5, 5.41) is 2.58. The molecule has 1 aliphatic heterocycles. The van der Waals surface area contributed by atoms with Gasteiger partial charge in [-0.15, -0.1) is 0 Å². The average Bonchev–Trinajstić information content (AvgIpc) is 3.34. The monoisotopic (exact) mass is 757 g/mol. The molecule has 2 heterocycles. The molecule has 1 aliphatic rings. The maximum atomic E-state index is 13.1. The van der Waals surface area contributed by atoms with Gasteiger partial charge in [0.2, 0.25) is 0 Å². The van der Waals surface area contributed by atoms with E-state index in [9.17, 15) is 19.2 Å². The molecule has 1 aromatic carbocycles. The Morgan fingerprint density at radius 1 is 1.00 bits per heavy atom. The Kier molecular flexibility index (Phi) is 13.4. The van der Waals surface area contributed by atoms with Crippen LogP contribution in [0.15, 0.2) is 40.1 Å². The highest BCUT2D eigenvalue weighted by Crippen LogP contribution is 2.42. The Morgan fingerprint density at radius 2 is 1.63 bits per heavy atom. The van der Waals surface area contributed by atoms with Crippen molar-refractivity contribution < 1.29 is 32.7 Å².